The summed E-state index contributed by atoms with van der Waals surface area (Å²) in [6.45, 7) is 4.29. The first kappa shape index (κ1) is 17.6. The van der Waals surface area contributed by atoms with E-state index in [1.54, 1.807) is 6.07 Å². The molecule has 5 heteroatoms. The summed E-state index contributed by atoms with van der Waals surface area (Å²) in [5.41, 5.74) is 3.92. The highest BCUT2D eigenvalue weighted by atomic mass is 16.5. The Morgan fingerprint density at radius 3 is 2.46 bits per heavy atom. The fraction of sp³-hybridized carbons (Fsp3) is 0.190. The third-order valence-electron chi connectivity index (χ3n) is 3.82. The second-order valence-corrected chi connectivity index (χ2v) is 6.09. The van der Waals surface area contributed by atoms with E-state index in [1.807, 2.05) is 68.4 Å². The second-order valence-electron chi connectivity index (χ2n) is 6.09. The molecule has 0 radical (unpaired) electrons. The average molecular weight is 347 g/mol. The number of hydrogen-bond donors (Lipinski definition) is 1. The maximum Gasteiger partial charge on any atom is 0.258 e. The molecule has 0 aliphatic carbocycles. The van der Waals surface area contributed by atoms with Crippen molar-refractivity contribution in [3.8, 4) is 17.3 Å². The summed E-state index contributed by atoms with van der Waals surface area (Å²) in [6.07, 6.45) is 0. The predicted octanol–water partition coefficient (Wildman–Crippen LogP) is 3.46. The van der Waals surface area contributed by atoms with Crippen LogP contribution in [0.25, 0.3) is 11.4 Å². The topological polar surface area (TPSA) is 64.1 Å². The van der Waals surface area contributed by atoms with Crippen LogP contribution < -0.4 is 10.1 Å². The largest absolute Gasteiger partial charge is 0.467 e. The minimum absolute atomic E-state index is 0.0867. The highest BCUT2D eigenvalue weighted by Gasteiger charge is 2.08. The fourth-order valence-corrected chi connectivity index (χ4v) is 2.43. The Kier molecular flexibility index (Phi) is 5.59. The number of amides is 1. The first-order chi connectivity index (χ1) is 12.6. The zero-order valence-electron chi connectivity index (χ0n) is 14.9. The van der Waals surface area contributed by atoms with Crippen molar-refractivity contribution in [2.45, 2.75) is 20.4 Å². The summed E-state index contributed by atoms with van der Waals surface area (Å²) in [5, 5.41) is 2.83. The van der Waals surface area contributed by atoms with Crippen LogP contribution in [0.3, 0.4) is 0 Å². The highest BCUT2D eigenvalue weighted by molar-refractivity contribution is 5.77. The molecule has 0 saturated carbocycles. The van der Waals surface area contributed by atoms with Gasteiger partial charge in [0, 0.05) is 23.9 Å². The van der Waals surface area contributed by atoms with Gasteiger partial charge >= 0.3 is 0 Å². The number of aromatic nitrogens is 2. The monoisotopic (exact) mass is 347 g/mol. The molecule has 0 spiro atoms. The molecule has 3 aromatic rings. The molecule has 5 nitrogen and oxygen atoms in total. The molecule has 132 valence electrons. The molecule has 3 rings (SSSR count). The number of carbonyl (C=O) groups excluding carboxylic acids is 1. The molecule has 2 aromatic carbocycles. The van der Waals surface area contributed by atoms with Gasteiger partial charge in [-0.05, 0) is 19.4 Å². The van der Waals surface area contributed by atoms with Crippen molar-refractivity contribution in [2.24, 2.45) is 0 Å². The Balaban J connectivity index is 1.61. The molecule has 0 atom stereocenters. The third-order valence-corrected chi connectivity index (χ3v) is 3.82. The van der Waals surface area contributed by atoms with Gasteiger partial charge in [-0.2, -0.15) is 4.98 Å². The minimum atomic E-state index is -0.193. The van der Waals surface area contributed by atoms with Crippen LogP contribution in [0.15, 0.2) is 60.7 Å². The van der Waals surface area contributed by atoms with Gasteiger partial charge in [0.2, 0.25) is 5.88 Å². The van der Waals surface area contributed by atoms with Crippen LogP contribution in [0.1, 0.15) is 16.8 Å². The van der Waals surface area contributed by atoms with E-state index in [0.717, 1.165) is 16.8 Å². The summed E-state index contributed by atoms with van der Waals surface area (Å²) in [5.74, 6) is 0.787. The highest BCUT2D eigenvalue weighted by Crippen LogP contribution is 2.19. The second kappa shape index (κ2) is 8.25. The maximum absolute atomic E-state index is 12.0. The SMILES string of the molecule is Cc1ccc(-c2nc(C)cc(OCC(=O)NCc3ccccc3)n2)cc1. The molecule has 0 fully saturated rings. The van der Waals surface area contributed by atoms with Gasteiger partial charge in [-0.25, -0.2) is 4.98 Å². The van der Waals surface area contributed by atoms with E-state index < -0.39 is 0 Å². The maximum atomic E-state index is 12.0. The van der Waals surface area contributed by atoms with Crippen LogP contribution in [0.4, 0.5) is 0 Å². The normalized spacial score (nSPS) is 10.4. The van der Waals surface area contributed by atoms with Gasteiger partial charge in [0.15, 0.2) is 12.4 Å². The van der Waals surface area contributed by atoms with Gasteiger partial charge in [0.05, 0.1) is 0 Å². The molecule has 0 unspecified atom stereocenters. The van der Waals surface area contributed by atoms with Crippen molar-refractivity contribution in [3.63, 3.8) is 0 Å². The number of nitrogens with zero attached hydrogens (tertiary/aromatic N) is 2. The van der Waals surface area contributed by atoms with Crippen LogP contribution >= 0.6 is 0 Å². The predicted molar refractivity (Wildman–Crippen MR) is 101 cm³/mol. The molecule has 26 heavy (non-hydrogen) atoms. The van der Waals surface area contributed by atoms with Crippen LogP contribution in [-0.2, 0) is 11.3 Å². The first-order valence-corrected chi connectivity index (χ1v) is 8.46. The van der Waals surface area contributed by atoms with Crippen molar-refractivity contribution in [1.29, 1.82) is 0 Å². The Bertz CT molecular complexity index is 878. The van der Waals surface area contributed by atoms with E-state index in [0.29, 0.717) is 18.2 Å². The van der Waals surface area contributed by atoms with Gasteiger partial charge in [0.1, 0.15) is 0 Å². The molecule has 0 saturated heterocycles. The van der Waals surface area contributed by atoms with E-state index >= 15 is 0 Å². The molecule has 1 N–H and O–H groups in total. The van der Waals surface area contributed by atoms with E-state index in [4.69, 9.17) is 4.74 Å². The number of rotatable bonds is 6. The lowest BCUT2D eigenvalue weighted by atomic mass is 10.1. The van der Waals surface area contributed by atoms with Crippen molar-refractivity contribution >= 4 is 5.91 Å². The Morgan fingerprint density at radius 2 is 1.73 bits per heavy atom. The Morgan fingerprint density at radius 1 is 1.00 bits per heavy atom. The molecule has 0 aliphatic rings. The van der Waals surface area contributed by atoms with Crippen LogP contribution in [-0.4, -0.2) is 22.5 Å². The van der Waals surface area contributed by atoms with Gasteiger partial charge in [-0.15, -0.1) is 0 Å². The molecule has 1 aromatic heterocycles. The standard InChI is InChI=1S/C21H21N3O2/c1-15-8-10-18(11-9-15)21-23-16(2)12-20(24-21)26-14-19(25)22-13-17-6-4-3-5-7-17/h3-12H,13-14H2,1-2H3,(H,22,25). The average Bonchev–Trinajstić information content (AvgIpc) is 2.66. The molecule has 0 bridgehead atoms. The number of aryl methyl sites for hydroxylation is 2. The first-order valence-electron chi connectivity index (χ1n) is 8.46. The summed E-state index contributed by atoms with van der Waals surface area (Å²) < 4.78 is 5.56. The Hall–Kier alpha value is -3.21. The zero-order valence-corrected chi connectivity index (χ0v) is 14.9. The van der Waals surface area contributed by atoms with Crippen LogP contribution in [0, 0.1) is 13.8 Å². The molecule has 0 aliphatic heterocycles. The third kappa shape index (κ3) is 4.89. The summed E-state index contributed by atoms with van der Waals surface area (Å²) in [6, 6.07) is 19.4. The van der Waals surface area contributed by atoms with E-state index in [1.165, 1.54) is 5.56 Å². The van der Waals surface area contributed by atoms with Crippen LogP contribution in [0.2, 0.25) is 0 Å². The summed E-state index contributed by atoms with van der Waals surface area (Å²) >= 11 is 0. The van der Waals surface area contributed by atoms with Gasteiger partial charge in [-0.3, -0.25) is 4.79 Å². The van der Waals surface area contributed by atoms with E-state index in [9.17, 15) is 4.79 Å². The number of benzene rings is 2. The molecular weight excluding hydrogens is 326 g/mol. The smallest absolute Gasteiger partial charge is 0.258 e. The van der Waals surface area contributed by atoms with Gasteiger partial charge in [-0.1, -0.05) is 60.2 Å². The minimum Gasteiger partial charge on any atom is -0.467 e. The molecule has 1 amide bonds. The van der Waals surface area contributed by atoms with Crippen molar-refractivity contribution in [2.75, 3.05) is 6.61 Å². The number of ether oxygens (including phenoxy) is 1. The number of carbonyl (C=O) groups is 1. The van der Waals surface area contributed by atoms with Crippen molar-refractivity contribution in [3.05, 3.63) is 77.5 Å². The zero-order chi connectivity index (χ0) is 18.4. The number of hydrogen-bond acceptors (Lipinski definition) is 4. The van der Waals surface area contributed by atoms with Crippen molar-refractivity contribution in [1.82, 2.24) is 15.3 Å². The fourth-order valence-electron chi connectivity index (χ4n) is 2.43. The van der Waals surface area contributed by atoms with E-state index in [-0.39, 0.29) is 12.5 Å². The molecule has 1 heterocycles. The van der Waals surface area contributed by atoms with Gasteiger partial charge < -0.3 is 10.1 Å². The van der Waals surface area contributed by atoms with Gasteiger partial charge in [0.25, 0.3) is 5.91 Å². The molecular formula is C21H21N3O2. The lowest BCUT2D eigenvalue weighted by molar-refractivity contribution is -0.123. The van der Waals surface area contributed by atoms with E-state index in [2.05, 4.69) is 15.3 Å². The summed E-state index contributed by atoms with van der Waals surface area (Å²) in [4.78, 5) is 20.8. The number of nitrogens with one attached hydrogen (secondary N) is 1. The van der Waals surface area contributed by atoms with Crippen LogP contribution in [0.5, 0.6) is 5.88 Å². The lowest BCUT2D eigenvalue weighted by Gasteiger charge is -2.09. The Labute approximate surface area is 153 Å². The lowest BCUT2D eigenvalue weighted by Crippen LogP contribution is -2.28. The van der Waals surface area contributed by atoms with Crippen molar-refractivity contribution < 1.29 is 9.53 Å². The summed E-state index contributed by atoms with van der Waals surface area (Å²) in [7, 11) is 0. The quantitative estimate of drug-likeness (QED) is 0.742.